The quantitative estimate of drug-likeness (QED) is 0.162. The largest absolute Gasteiger partial charge is 0.458 e. The van der Waals surface area contributed by atoms with E-state index in [2.05, 4.69) is 191 Å². The van der Waals surface area contributed by atoms with Crippen LogP contribution in [0.5, 0.6) is 23.0 Å². The molecule has 0 unspecified atom stereocenters. The molecular weight excluding hydrogens is 794 g/mol. The fourth-order valence-electron chi connectivity index (χ4n) is 11.0. The molecular formula is C54H30B2N2O2S2. The third-order valence-corrected chi connectivity index (χ3v) is 15.8. The molecule has 0 N–H and O–H groups in total. The Kier molecular flexibility index (Phi) is 6.69. The molecule has 9 aromatic carbocycles. The van der Waals surface area contributed by atoms with Crippen molar-refractivity contribution in [2.24, 2.45) is 0 Å². The van der Waals surface area contributed by atoms with Crippen molar-refractivity contribution in [2.75, 3.05) is 0 Å². The second-order valence-corrected chi connectivity index (χ2v) is 18.9. The highest BCUT2D eigenvalue weighted by Gasteiger charge is 2.44. The highest BCUT2D eigenvalue weighted by atomic mass is 32.2. The normalized spacial score (nSPS) is 13.9. The lowest BCUT2D eigenvalue weighted by Gasteiger charge is -2.37. The van der Waals surface area contributed by atoms with E-state index in [1.54, 1.807) is 0 Å². The molecule has 0 fully saturated rings. The summed E-state index contributed by atoms with van der Waals surface area (Å²) in [5.74, 6) is 3.69. The van der Waals surface area contributed by atoms with Crippen LogP contribution in [0, 0.1) is 0 Å². The molecule has 0 bridgehead atoms. The van der Waals surface area contributed by atoms with Crippen LogP contribution in [-0.4, -0.2) is 22.6 Å². The number of rotatable bonds is 2. The lowest BCUT2D eigenvalue weighted by molar-refractivity contribution is 0.486. The highest BCUT2D eigenvalue weighted by molar-refractivity contribution is 8.01. The zero-order valence-corrected chi connectivity index (χ0v) is 34.6. The van der Waals surface area contributed by atoms with Crippen molar-refractivity contribution in [1.29, 1.82) is 0 Å². The zero-order valence-electron chi connectivity index (χ0n) is 33.0. The van der Waals surface area contributed by atoms with Gasteiger partial charge in [0.05, 0.1) is 33.4 Å². The molecule has 0 spiro atoms. The van der Waals surface area contributed by atoms with Crippen LogP contribution in [0.25, 0.3) is 55.0 Å². The van der Waals surface area contributed by atoms with Gasteiger partial charge in [-0.3, -0.25) is 0 Å². The lowest BCUT2D eigenvalue weighted by atomic mass is 9.32. The van der Waals surface area contributed by atoms with Crippen LogP contribution < -0.4 is 42.3 Å². The third kappa shape index (κ3) is 4.47. The first kappa shape index (κ1) is 33.7. The van der Waals surface area contributed by atoms with E-state index in [0.717, 1.165) is 34.4 Å². The summed E-state index contributed by atoms with van der Waals surface area (Å²) in [6, 6.07) is 66.6. The molecule has 4 aliphatic heterocycles. The first-order valence-electron chi connectivity index (χ1n) is 21.1. The molecule has 286 valence electrons. The SMILES string of the molecule is c1ccc2c(c1)Oc1cc(-n3c4ccccc4c4ccccc43)cc3c1B2c1cc2c(cc1S3)Sc1cc(-n3c4ccccc4c4ccccc43)cc3c1B2c1ccccc1O3. The number of aromatic nitrogens is 2. The van der Waals surface area contributed by atoms with E-state index in [4.69, 9.17) is 9.47 Å². The van der Waals surface area contributed by atoms with E-state index in [9.17, 15) is 0 Å². The van der Waals surface area contributed by atoms with Gasteiger partial charge in [-0.15, -0.1) is 0 Å². The average molecular weight is 825 g/mol. The maximum absolute atomic E-state index is 6.92. The van der Waals surface area contributed by atoms with E-state index in [0.29, 0.717) is 0 Å². The van der Waals surface area contributed by atoms with E-state index < -0.39 is 0 Å². The molecule has 4 aliphatic rings. The second-order valence-electron chi connectivity index (χ2n) is 16.7. The fraction of sp³-hybridized carbons (Fsp3) is 0. The van der Waals surface area contributed by atoms with E-state index in [1.165, 1.54) is 96.0 Å². The highest BCUT2D eigenvalue weighted by Crippen LogP contribution is 2.45. The van der Waals surface area contributed by atoms with Crippen molar-refractivity contribution in [2.45, 2.75) is 19.6 Å². The monoisotopic (exact) mass is 824 g/mol. The van der Waals surface area contributed by atoms with Crippen LogP contribution in [-0.2, 0) is 0 Å². The van der Waals surface area contributed by atoms with Gasteiger partial charge in [-0.1, -0.05) is 150 Å². The maximum Gasteiger partial charge on any atom is 0.253 e. The number of hydrogen-bond donors (Lipinski definition) is 0. The minimum Gasteiger partial charge on any atom is -0.458 e. The molecule has 15 rings (SSSR count). The molecule has 0 saturated carbocycles. The second kappa shape index (κ2) is 12.3. The predicted molar refractivity (Wildman–Crippen MR) is 259 cm³/mol. The molecule has 0 aliphatic carbocycles. The molecule has 0 radical (unpaired) electrons. The van der Waals surface area contributed by atoms with E-state index >= 15 is 0 Å². The average Bonchev–Trinajstić information content (AvgIpc) is 3.84. The molecule has 8 heteroatoms. The Morgan fingerprint density at radius 1 is 0.323 bits per heavy atom. The standard InChI is InChI=1S/C54H30B2N2O2S2/c1-7-19-41-33(13-1)34-14-2-8-20-42(34)57(41)31-25-47-53-51(27-31)61-49-30-50-40(29-39(49)55(53)37-17-5-11-23-45(37)59-47)56-38-18-6-12-24-46(38)60-48-26-32(28-52(62-50)54(48)56)58-43-21-9-3-15-35(43)36-16-4-10-22-44(36)58/h1-30H. The minimum atomic E-state index is 0.0253. The van der Waals surface area contributed by atoms with Crippen molar-refractivity contribution in [3.8, 4) is 34.4 Å². The summed E-state index contributed by atoms with van der Waals surface area (Å²) >= 11 is 3.76. The first-order chi connectivity index (χ1) is 30.7. The number of nitrogens with zero attached hydrogens (tertiary/aromatic N) is 2. The van der Waals surface area contributed by atoms with Gasteiger partial charge in [0.25, 0.3) is 13.4 Å². The van der Waals surface area contributed by atoms with E-state index in [-0.39, 0.29) is 13.4 Å². The number of fused-ring (bicyclic) bond motifs is 14. The van der Waals surface area contributed by atoms with Gasteiger partial charge in [0, 0.05) is 53.3 Å². The molecule has 4 nitrogen and oxygen atoms in total. The molecule has 0 saturated heterocycles. The van der Waals surface area contributed by atoms with Crippen LogP contribution >= 0.6 is 23.5 Å². The van der Waals surface area contributed by atoms with Gasteiger partial charge in [-0.2, -0.15) is 0 Å². The summed E-state index contributed by atoms with van der Waals surface area (Å²) in [6.07, 6.45) is 0. The van der Waals surface area contributed by atoms with E-state index in [1.807, 2.05) is 23.5 Å². The van der Waals surface area contributed by atoms with Gasteiger partial charge in [0.1, 0.15) is 23.0 Å². The molecule has 62 heavy (non-hydrogen) atoms. The van der Waals surface area contributed by atoms with Crippen molar-refractivity contribution in [3.05, 3.63) is 182 Å². The van der Waals surface area contributed by atoms with Crippen molar-refractivity contribution >= 4 is 113 Å². The smallest absolute Gasteiger partial charge is 0.253 e. The minimum absolute atomic E-state index is 0.0253. The first-order valence-corrected chi connectivity index (χ1v) is 22.8. The summed E-state index contributed by atoms with van der Waals surface area (Å²) in [6.45, 7) is 0.0506. The van der Waals surface area contributed by atoms with Crippen molar-refractivity contribution in [1.82, 2.24) is 9.13 Å². The maximum atomic E-state index is 6.92. The van der Waals surface area contributed by atoms with Gasteiger partial charge < -0.3 is 18.6 Å². The van der Waals surface area contributed by atoms with Gasteiger partial charge in [-0.05, 0) is 76.4 Å². The van der Waals surface area contributed by atoms with Gasteiger partial charge >= 0.3 is 0 Å². The zero-order chi connectivity index (χ0) is 40.2. The van der Waals surface area contributed by atoms with Gasteiger partial charge in [0.15, 0.2) is 0 Å². The topological polar surface area (TPSA) is 28.3 Å². The number of hydrogen-bond acceptors (Lipinski definition) is 4. The number of para-hydroxylation sites is 6. The molecule has 0 amide bonds. The Morgan fingerprint density at radius 3 is 1.11 bits per heavy atom. The van der Waals surface area contributed by atoms with Crippen molar-refractivity contribution in [3.63, 3.8) is 0 Å². The number of benzene rings is 9. The molecule has 6 heterocycles. The molecule has 0 atom stereocenters. The Bertz CT molecular complexity index is 3470. The third-order valence-electron chi connectivity index (χ3n) is 13.5. The Balaban J connectivity index is 0.948. The van der Waals surface area contributed by atoms with Gasteiger partial charge in [-0.25, -0.2) is 0 Å². The van der Waals surface area contributed by atoms with Crippen LogP contribution in [0.4, 0.5) is 0 Å². The summed E-state index contributed by atoms with van der Waals surface area (Å²) in [7, 11) is 0. The lowest BCUT2D eigenvalue weighted by Crippen LogP contribution is -2.62. The van der Waals surface area contributed by atoms with Crippen LogP contribution in [0.15, 0.2) is 202 Å². The Hall–Kier alpha value is -6.99. The fourth-order valence-corrected chi connectivity index (χ4v) is 13.5. The summed E-state index contributed by atoms with van der Waals surface area (Å²) < 4.78 is 18.7. The Morgan fingerprint density at radius 2 is 0.694 bits per heavy atom. The molecule has 11 aromatic rings. The summed E-state index contributed by atoms with van der Waals surface area (Å²) in [4.78, 5) is 5.05. The van der Waals surface area contributed by atoms with Crippen molar-refractivity contribution < 1.29 is 9.47 Å². The van der Waals surface area contributed by atoms with Crippen LogP contribution in [0.1, 0.15) is 0 Å². The summed E-state index contributed by atoms with van der Waals surface area (Å²) in [5, 5.41) is 5.00. The van der Waals surface area contributed by atoms with Gasteiger partial charge in [0.2, 0.25) is 0 Å². The summed E-state index contributed by atoms with van der Waals surface area (Å²) in [5.41, 5.74) is 14.6. The molecule has 2 aromatic heterocycles. The number of ether oxygens (including phenoxy) is 2. The van der Waals surface area contributed by atoms with Crippen LogP contribution in [0.3, 0.4) is 0 Å². The van der Waals surface area contributed by atoms with Crippen LogP contribution in [0.2, 0.25) is 0 Å². The Labute approximate surface area is 365 Å². The predicted octanol–water partition coefficient (Wildman–Crippen LogP) is 10.1.